The highest BCUT2D eigenvalue weighted by Crippen LogP contribution is 2.45. The molecule has 1 heterocycles. The molecular formula is C17H26O2. The average Bonchev–Trinajstić information content (AvgIpc) is 2.74. The molecule has 1 aromatic rings. The van der Waals surface area contributed by atoms with Gasteiger partial charge >= 0.3 is 0 Å². The first-order valence-corrected chi connectivity index (χ1v) is 7.05. The number of ether oxygens (including phenoxy) is 2. The second-order valence-electron chi connectivity index (χ2n) is 7.59. The highest BCUT2D eigenvalue weighted by atomic mass is 16.7. The van der Waals surface area contributed by atoms with Crippen molar-refractivity contribution in [2.75, 3.05) is 0 Å². The molecule has 0 amide bonds. The van der Waals surface area contributed by atoms with Crippen LogP contribution in [-0.2, 0) is 9.47 Å². The van der Waals surface area contributed by atoms with E-state index in [1.165, 1.54) is 0 Å². The van der Waals surface area contributed by atoms with E-state index in [2.05, 4.69) is 53.7 Å². The van der Waals surface area contributed by atoms with Gasteiger partial charge in [-0.25, -0.2) is 0 Å². The SMILES string of the molecule is CC(C)(C)C1OC(c2ccccc2)O[C@H]1C(C)(C)C. The van der Waals surface area contributed by atoms with Gasteiger partial charge in [0.15, 0.2) is 6.29 Å². The molecule has 1 aromatic carbocycles. The third kappa shape index (κ3) is 3.18. The summed E-state index contributed by atoms with van der Waals surface area (Å²) in [6.07, 6.45) is -0.0231. The van der Waals surface area contributed by atoms with Crippen LogP contribution < -0.4 is 0 Å². The van der Waals surface area contributed by atoms with Crippen molar-refractivity contribution >= 4 is 0 Å². The Labute approximate surface area is 117 Å². The zero-order valence-corrected chi connectivity index (χ0v) is 12.9. The van der Waals surface area contributed by atoms with Crippen molar-refractivity contribution in [3.63, 3.8) is 0 Å². The van der Waals surface area contributed by atoms with Crippen molar-refractivity contribution in [3.05, 3.63) is 35.9 Å². The fourth-order valence-electron chi connectivity index (χ4n) is 2.52. The van der Waals surface area contributed by atoms with Crippen molar-refractivity contribution in [1.29, 1.82) is 0 Å². The summed E-state index contributed by atoms with van der Waals surface area (Å²) >= 11 is 0. The normalized spacial score (nSPS) is 28.6. The van der Waals surface area contributed by atoms with E-state index in [1.54, 1.807) is 0 Å². The molecule has 2 rings (SSSR count). The van der Waals surface area contributed by atoms with Gasteiger partial charge < -0.3 is 9.47 Å². The molecule has 1 saturated heterocycles. The molecule has 1 fully saturated rings. The first kappa shape index (κ1) is 14.5. The number of rotatable bonds is 1. The molecule has 0 radical (unpaired) electrons. The Morgan fingerprint density at radius 1 is 0.737 bits per heavy atom. The van der Waals surface area contributed by atoms with Crippen LogP contribution in [0.1, 0.15) is 53.4 Å². The van der Waals surface area contributed by atoms with Gasteiger partial charge in [-0.1, -0.05) is 71.9 Å². The quantitative estimate of drug-likeness (QED) is 0.738. The maximum absolute atomic E-state index is 6.23. The van der Waals surface area contributed by atoms with Crippen molar-refractivity contribution in [2.24, 2.45) is 10.8 Å². The van der Waals surface area contributed by atoms with Crippen molar-refractivity contribution in [2.45, 2.75) is 60.0 Å². The van der Waals surface area contributed by atoms with Crippen LogP contribution in [0.3, 0.4) is 0 Å². The van der Waals surface area contributed by atoms with Gasteiger partial charge in [-0.3, -0.25) is 0 Å². The van der Waals surface area contributed by atoms with Crippen LogP contribution in [0.2, 0.25) is 0 Å². The topological polar surface area (TPSA) is 18.5 Å². The minimum Gasteiger partial charge on any atom is -0.342 e. The Morgan fingerprint density at radius 2 is 1.16 bits per heavy atom. The predicted molar refractivity (Wildman–Crippen MR) is 77.8 cm³/mol. The molecule has 2 heteroatoms. The third-order valence-corrected chi connectivity index (χ3v) is 3.59. The van der Waals surface area contributed by atoms with Crippen LogP contribution >= 0.6 is 0 Å². The summed E-state index contributed by atoms with van der Waals surface area (Å²) in [6.45, 7) is 13.3. The Hall–Kier alpha value is -0.860. The molecule has 0 aliphatic carbocycles. The van der Waals surface area contributed by atoms with E-state index in [0.717, 1.165) is 5.56 Å². The summed E-state index contributed by atoms with van der Waals surface area (Å²) in [4.78, 5) is 0. The van der Waals surface area contributed by atoms with Crippen LogP contribution in [-0.4, -0.2) is 12.2 Å². The summed E-state index contributed by atoms with van der Waals surface area (Å²) in [5.41, 5.74) is 1.24. The number of hydrogen-bond acceptors (Lipinski definition) is 2. The summed E-state index contributed by atoms with van der Waals surface area (Å²) in [6, 6.07) is 10.2. The highest BCUT2D eigenvalue weighted by Gasteiger charge is 2.48. The molecular weight excluding hydrogens is 236 g/mol. The third-order valence-electron chi connectivity index (χ3n) is 3.59. The van der Waals surface area contributed by atoms with E-state index < -0.39 is 0 Å². The zero-order valence-electron chi connectivity index (χ0n) is 12.9. The molecule has 0 aromatic heterocycles. The summed E-state index contributed by atoms with van der Waals surface area (Å²) < 4.78 is 12.5. The predicted octanol–water partition coefficient (Wildman–Crippen LogP) is 4.56. The average molecular weight is 262 g/mol. The lowest BCUT2D eigenvalue weighted by Crippen LogP contribution is -2.42. The van der Waals surface area contributed by atoms with Crippen LogP contribution in [0, 0.1) is 10.8 Å². The summed E-state index contributed by atoms with van der Waals surface area (Å²) in [7, 11) is 0. The fraction of sp³-hybridized carbons (Fsp3) is 0.647. The van der Waals surface area contributed by atoms with Crippen molar-refractivity contribution in [1.82, 2.24) is 0 Å². The molecule has 2 nitrogen and oxygen atoms in total. The van der Waals surface area contributed by atoms with Crippen LogP contribution in [0.15, 0.2) is 30.3 Å². The van der Waals surface area contributed by atoms with Gasteiger partial charge in [0, 0.05) is 5.56 Å². The molecule has 0 spiro atoms. The van der Waals surface area contributed by atoms with Crippen LogP contribution in [0.5, 0.6) is 0 Å². The molecule has 106 valence electrons. The maximum atomic E-state index is 6.23. The molecule has 19 heavy (non-hydrogen) atoms. The summed E-state index contributed by atoms with van der Waals surface area (Å²) in [5, 5.41) is 0. The highest BCUT2D eigenvalue weighted by molar-refractivity contribution is 5.17. The number of benzene rings is 1. The van der Waals surface area contributed by atoms with E-state index in [-0.39, 0.29) is 29.3 Å². The van der Waals surface area contributed by atoms with E-state index in [1.807, 2.05) is 18.2 Å². The van der Waals surface area contributed by atoms with Gasteiger partial charge in [0.05, 0.1) is 12.2 Å². The van der Waals surface area contributed by atoms with Gasteiger partial charge in [0.1, 0.15) is 0 Å². The molecule has 0 bridgehead atoms. The smallest absolute Gasteiger partial charge is 0.184 e. The van der Waals surface area contributed by atoms with Crippen molar-refractivity contribution < 1.29 is 9.47 Å². The lowest BCUT2D eigenvalue weighted by atomic mass is 9.76. The Kier molecular flexibility index (Phi) is 3.76. The van der Waals surface area contributed by atoms with Crippen LogP contribution in [0.25, 0.3) is 0 Å². The first-order chi connectivity index (χ1) is 8.69. The van der Waals surface area contributed by atoms with Gasteiger partial charge in [-0.15, -0.1) is 0 Å². The Balaban J connectivity index is 2.26. The first-order valence-electron chi connectivity index (χ1n) is 7.05. The standard InChI is InChI=1S/C17H26O2/c1-16(2,3)13-14(17(4,5)6)19-15(18-13)12-10-8-7-9-11-12/h7-11,13-15H,1-6H3/t13-,14?,15?/m1/s1. The largest absolute Gasteiger partial charge is 0.342 e. The van der Waals surface area contributed by atoms with E-state index >= 15 is 0 Å². The molecule has 1 aliphatic rings. The maximum Gasteiger partial charge on any atom is 0.184 e. The minimum absolute atomic E-state index is 0.0709. The lowest BCUT2D eigenvalue weighted by Gasteiger charge is -2.36. The Morgan fingerprint density at radius 3 is 1.53 bits per heavy atom. The number of hydrogen-bond donors (Lipinski definition) is 0. The monoisotopic (exact) mass is 262 g/mol. The van der Waals surface area contributed by atoms with Gasteiger partial charge in [-0.2, -0.15) is 0 Å². The van der Waals surface area contributed by atoms with Gasteiger partial charge in [0.2, 0.25) is 0 Å². The second-order valence-corrected chi connectivity index (χ2v) is 7.59. The molecule has 2 unspecified atom stereocenters. The zero-order chi connectivity index (χ0) is 14.3. The van der Waals surface area contributed by atoms with Crippen molar-refractivity contribution in [3.8, 4) is 0 Å². The molecule has 0 saturated carbocycles. The lowest BCUT2D eigenvalue weighted by molar-refractivity contribution is -0.0872. The van der Waals surface area contributed by atoms with Gasteiger partial charge in [0.25, 0.3) is 0 Å². The summed E-state index contributed by atoms with van der Waals surface area (Å²) in [5.74, 6) is 0. The second kappa shape index (κ2) is 4.92. The molecule has 3 atom stereocenters. The van der Waals surface area contributed by atoms with Gasteiger partial charge in [-0.05, 0) is 10.8 Å². The Bertz CT molecular complexity index is 389. The minimum atomic E-state index is -0.241. The van der Waals surface area contributed by atoms with E-state index in [4.69, 9.17) is 9.47 Å². The van der Waals surface area contributed by atoms with E-state index in [9.17, 15) is 0 Å². The molecule has 1 aliphatic heterocycles. The molecule has 0 N–H and O–H groups in total. The fourth-order valence-corrected chi connectivity index (χ4v) is 2.52. The van der Waals surface area contributed by atoms with E-state index in [0.29, 0.717) is 0 Å². The van der Waals surface area contributed by atoms with Crippen LogP contribution in [0.4, 0.5) is 0 Å².